The zero-order valence-electron chi connectivity index (χ0n) is 13.2. The molecule has 0 bridgehead atoms. The van der Waals surface area contributed by atoms with Crippen LogP contribution >= 0.6 is 0 Å². The fourth-order valence-corrected chi connectivity index (χ4v) is 2.09. The molecule has 2 aromatic rings. The number of hydrogen-bond acceptors (Lipinski definition) is 3. The van der Waals surface area contributed by atoms with Gasteiger partial charge in [0.1, 0.15) is 17.2 Å². The molecular weight excluding hydrogens is 297 g/mol. The van der Waals surface area contributed by atoms with Crippen molar-refractivity contribution in [3.05, 3.63) is 65.5 Å². The number of aryl methyl sites for hydroxylation is 1. The van der Waals surface area contributed by atoms with Crippen LogP contribution in [-0.4, -0.2) is 24.2 Å². The minimum Gasteiger partial charge on any atom is -0.484 e. The van der Waals surface area contributed by atoms with Crippen LogP contribution in [0.3, 0.4) is 0 Å². The van der Waals surface area contributed by atoms with E-state index in [4.69, 9.17) is 4.74 Å². The average molecular weight is 317 g/mol. The van der Waals surface area contributed by atoms with Crippen molar-refractivity contribution in [3.8, 4) is 5.75 Å². The first-order chi connectivity index (χ1) is 10.9. The van der Waals surface area contributed by atoms with Crippen LogP contribution in [0.5, 0.6) is 5.75 Å². The molecule has 4 nitrogen and oxygen atoms in total. The number of rotatable bonds is 6. The molecule has 0 heterocycles. The maximum Gasteiger partial charge on any atom is 0.258 e. The van der Waals surface area contributed by atoms with Crippen LogP contribution in [0.25, 0.3) is 0 Å². The van der Waals surface area contributed by atoms with E-state index in [0.29, 0.717) is 11.3 Å². The number of hydrogen-bond donors (Lipinski definition) is 2. The van der Waals surface area contributed by atoms with E-state index in [1.807, 2.05) is 25.1 Å². The van der Waals surface area contributed by atoms with E-state index in [1.165, 1.54) is 24.3 Å². The summed E-state index contributed by atoms with van der Waals surface area (Å²) in [5, 5.41) is 13.0. The van der Waals surface area contributed by atoms with Gasteiger partial charge in [0.15, 0.2) is 6.61 Å². The van der Waals surface area contributed by atoms with Gasteiger partial charge in [-0.1, -0.05) is 30.3 Å². The molecular formula is C18H20FNO3. The second-order valence-corrected chi connectivity index (χ2v) is 5.61. The van der Waals surface area contributed by atoms with E-state index >= 15 is 0 Å². The molecule has 2 N–H and O–H groups in total. The average Bonchev–Trinajstić information content (AvgIpc) is 2.53. The smallest absolute Gasteiger partial charge is 0.258 e. The van der Waals surface area contributed by atoms with E-state index in [9.17, 15) is 14.3 Å². The van der Waals surface area contributed by atoms with Gasteiger partial charge >= 0.3 is 0 Å². The summed E-state index contributed by atoms with van der Waals surface area (Å²) in [4.78, 5) is 11.9. The number of para-hydroxylation sites is 1. The molecule has 0 aliphatic rings. The van der Waals surface area contributed by atoms with Gasteiger partial charge in [0.05, 0.1) is 6.54 Å². The van der Waals surface area contributed by atoms with E-state index in [2.05, 4.69) is 5.32 Å². The Morgan fingerprint density at radius 2 is 1.87 bits per heavy atom. The fourth-order valence-electron chi connectivity index (χ4n) is 2.09. The maximum atomic E-state index is 12.9. The normalized spacial score (nSPS) is 13.2. The summed E-state index contributed by atoms with van der Waals surface area (Å²) >= 11 is 0. The van der Waals surface area contributed by atoms with Crippen LogP contribution in [0.15, 0.2) is 48.5 Å². The lowest BCUT2D eigenvalue weighted by molar-refractivity contribution is -0.124. The number of halogens is 1. The van der Waals surface area contributed by atoms with Gasteiger partial charge in [-0.3, -0.25) is 4.79 Å². The van der Waals surface area contributed by atoms with E-state index in [0.717, 1.165) is 5.56 Å². The molecule has 0 aliphatic heterocycles. The Kier molecular flexibility index (Phi) is 5.34. The van der Waals surface area contributed by atoms with Gasteiger partial charge in [0, 0.05) is 0 Å². The Morgan fingerprint density at radius 1 is 1.22 bits per heavy atom. The quantitative estimate of drug-likeness (QED) is 0.861. The Morgan fingerprint density at radius 3 is 2.52 bits per heavy atom. The fraction of sp³-hybridized carbons (Fsp3) is 0.278. The Bertz CT molecular complexity index is 668. The highest BCUT2D eigenvalue weighted by molar-refractivity contribution is 5.77. The minimum absolute atomic E-state index is 0.00853. The van der Waals surface area contributed by atoms with Crippen LogP contribution in [0.2, 0.25) is 0 Å². The van der Waals surface area contributed by atoms with Crippen LogP contribution < -0.4 is 10.1 Å². The molecule has 0 spiro atoms. The summed E-state index contributed by atoms with van der Waals surface area (Å²) in [6.07, 6.45) is 0. The summed E-state index contributed by atoms with van der Waals surface area (Å²) in [6.45, 7) is 3.33. The molecule has 0 fully saturated rings. The lowest BCUT2D eigenvalue weighted by Crippen LogP contribution is -2.40. The maximum absolute atomic E-state index is 12.9. The molecule has 122 valence electrons. The van der Waals surface area contributed by atoms with Gasteiger partial charge in [0.2, 0.25) is 0 Å². The molecule has 1 amide bonds. The van der Waals surface area contributed by atoms with Gasteiger partial charge in [-0.05, 0) is 43.2 Å². The highest BCUT2D eigenvalue weighted by Gasteiger charge is 2.23. The SMILES string of the molecule is Cc1ccccc1OCC(=O)NCC(C)(O)c1ccc(F)cc1. The first-order valence-electron chi connectivity index (χ1n) is 7.32. The second-order valence-electron chi connectivity index (χ2n) is 5.61. The molecule has 1 atom stereocenters. The summed E-state index contributed by atoms with van der Waals surface area (Å²) in [5.74, 6) is -0.0659. The van der Waals surface area contributed by atoms with Gasteiger partial charge in [-0.25, -0.2) is 4.39 Å². The summed E-state index contributed by atoms with van der Waals surface area (Å²) in [7, 11) is 0. The van der Waals surface area contributed by atoms with Crippen LogP contribution in [0.4, 0.5) is 4.39 Å². The van der Waals surface area contributed by atoms with Crippen molar-refractivity contribution >= 4 is 5.91 Å². The molecule has 0 saturated heterocycles. The van der Waals surface area contributed by atoms with Crippen LogP contribution in [-0.2, 0) is 10.4 Å². The Hall–Kier alpha value is -2.40. The number of carbonyl (C=O) groups is 1. The van der Waals surface area contributed by atoms with Crippen molar-refractivity contribution in [2.75, 3.05) is 13.2 Å². The van der Waals surface area contributed by atoms with Crippen molar-refractivity contribution in [3.63, 3.8) is 0 Å². The third-order valence-corrected chi connectivity index (χ3v) is 3.55. The van der Waals surface area contributed by atoms with E-state index in [-0.39, 0.29) is 24.9 Å². The largest absolute Gasteiger partial charge is 0.484 e. The monoisotopic (exact) mass is 317 g/mol. The molecule has 0 aliphatic carbocycles. The van der Waals surface area contributed by atoms with Crippen molar-refractivity contribution in [1.82, 2.24) is 5.32 Å². The summed E-state index contributed by atoms with van der Waals surface area (Å²) in [5.41, 5.74) is 0.184. The summed E-state index contributed by atoms with van der Waals surface area (Å²) < 4.78 is 18.4. The predicted octanol–water partition coefficient (Wildman–Crippen LogP) is 2.54. The topological polar surface area (TPSA) is 58.6 Å². The van der Waals surface area contributed by atoms with E-state index in [1.54, 1.807) is 13.0 Å². The van der Waals surface area contributed by atoms with Gasteiger partial charge in [-0.2, -0.15) is 0 Å². The number of amides is 1. The molecule has 1 unspecified atom stereocenters. The van der Waals surface area contributed by atoms with Crippen LogP contribution in [0.1, 0.15) is 18.1 Å². The number of ether oxygens (including phenoxy) is 1. The third-order valence-electron chi connectivity index (χ3n) is 3.55. The second kappa shape index (κ2) is 7.24. The van der Waals surface area contributed by atoms with Crippen molar-refractivity contribution in [2.24, 2.45) is 0 Å². The first-order valence-corrected chi connectivity index (χ1v) is 7.32. The zero-order valence-corrected chi connectivity index (χ0v) is 13.2. The molecule has 0 saturated carbocycles. The van der Waals surface area contributed by atoms with Gasteiger partial charge in [0.25, 0.3) is 5.91 Å². The predicted molar refractivity (Wildman–Crippen MR) is 85.7 cm³/mol. The third kappa shape index (κ3) is 4.79. The van der Waals surface area contributed by atoms with Crippen molar-refractivity contribution in [1.29, 1.82) is 0 Å². The minimum atomic E-state index is -1.29. The lowest BCUT2D eigenvalue weighted by Gasteiger charge is -2.24. The standard InChI is InChI=1S/C18H20FNO3/c1-13-5-3-4-6-16(13)23-11-17(21)20-12-18(2,22)14-7-9-15(19)10-8-14/h3-10,22H,11-12H2,1-2H3,(H,20,21). The van der Waals surface area contributed by atoms with Crippen molar-refractivity contribution < 1.29 is 19.0 Å². The van der Waals surface area contributed by atoms with E-state index < -0.39 is 5.60 Å². The Labute approximate surface area is 134 Å². The van der Waals surface area contributed by atoms with Gasteiger partial charge < -0.3 is 15.2 Å². The molecule has 23 heavy (non-hydrogen) atoms. The molecule has 5 heteroatoms. The molecule has 0 aromatic heterocycles. The lowest BCUT2D eigenvalue weighted by atomic mass is 9.96. The number of benzene rings is 2. The molecule has 2 rings (SSSR count). The Balaban J connectivity index is 1.86. The number of aliphatic hydroxyl groups is 1. The highest BCUT2D eigenvalue weighted by atomic mass is 19.1. The number of nitrogens with one attached hydrogen (secondary N) is 1. The van der Waals surface area contributed by atoms with Crippen molar-refractivity contribution in [2.45, 2.75) is 19.4 Å². The summed E-state index contributed by atoms with van der Waals surface area (Å²) in [6, 6.07) is 12.9. The number of carbonyl (C=O) groups excluding carboxylic acids is 1. The molecule has 2 aromatic carbocycles. The van der Waals surface area contributed by atoms with Crippen LogP contribution in [0, 0.1) is 12.7 Å². The van der Waals surface area contributed by atoms with Gasteiger partial charge in [-0.15, -0.1) is 0 Å². The molecule has 0 radical (unpaired) electrons. The first kappa shape index (κ1) is 17.0. The highest BCUT2D eigenvalue weighted by Crippen LogP contribution is 2.20. The zero-order chi connectivity index (χ0) is 16.9.